The van der Waals surface area contributed by atoms with E-state index >= 15 is 0 Å². The molecule has 4 heteroatoms. The van der Waals surface area contributed by atoms with Crippen molar-refractivity contribution in [3.05, 3.63) is 140 Å². The van der Waals surface area contributed by atoms with Gasteiger partial charge in [0.15, 0.2) is 11.4 Å². The van der Waals surface area contributed by atoms with Gasteiger partial charge >= 0.3 is 0 Å². The first-order valence-corrected chi connectivity index (χ1v) is 14.1. The number of benzene rings is 6. The number of rotatable bonds is 3. The summed E-state index contributed by atoms with van der Waals surface area (Å²) in [7, 11) is 0. The first-order chi connectivity index (χ1) is 20.8. The van der Waals surface area contributed by atoms with Gasteiger partial charge in [0.2, 0.25) is 0 Å². The van der Waals surface area contributed by atoms with Gasteiger partial charge in [-0.3, -0.25) is 0 Å². The zero-order chi connectivity index (χ0) is 27.6. The smallest absolute Gasteiger partial charge is 0.172 e. The van der Waals surface area contributed by atoms with E-state index in [4.69, 9.17) is 14.4 Å². The van der Waals surface area contributed by atoms with Crippen LogP contribution in [0.2, 0.25) is 0 Å². The van der Waals surface area contributed by atoms with Crippen molar-refractivity contribution in [1.29, 1.82) is 0 Å². The summed E-state index contributed by atoms with van der Waals surface area (Å²) in [5.74, 6) is 0.670. The molecule has 0 unspecified atom stereocenters. The fourth-order valence-corrected chi connectivity index (χ4v) is 6.23. The quantitative estimate of drug-likeness (QED) is 0.225. The maximum absolute atomic E-state index is 6.15. The minimum atomic E-state index is 0.670. The lowest BCUT2D eigenvalue weighted by Gasteiger charge is -2.09. The first-order valence-electron chi connectivity index (χ1n) is 14.1. The fraction of sp³-hybridized carbons (Fsp3) is 0. The molecule has 0 saturated heterocycles. The molecular formula is C38H23N3O. The highest BCUT2D eigenvalue weighted by Crippen LogP contribution is 2.35. The van der Waals surface area contributed by atoms with E-state index in [2.05, 4.69) is 132 Å². The van der Waals surface area contributed by atoms with E-state index in [1.165, 1.54) is 32.6 Å². The van der Waals surface area contributed by atoms with Crippen LogP contribution in [0.5, 0.6) is 0 Å². The number of fused-ring (bicyclic) bond motifs is 7. The molecule has 0 saturated carbocycles. The Morgan fingerprint density at radius 3 is 2.05 bits per heavy atom. The van der Waals surface area contributed by atoms with E-state index in [1.54, 1.807) is 6.20 Å². The second-order valence-electron chi connectivity index (χ2n) is 10.7. The first kappa shape index (κ1) is 23.0. The number of hydrogen-bond donors (Lipinski definition) is 0. The Kier molecular flexibility index (Phi) is 4.87. The molecule has 0 N–H and O–H groups in total. The summed E-state index contributed by atoms with van der Waals surface area (Å²) in [5.41, 5.74) is 8.98. The van der Waals surface area contributed by atoms with Crippen LogP contribution in [-0.2, 0) is 0 Å². The van der Waals surface area contributed by atoms with Crippen molar-refractivity contribution < 1.29 is 4.42 Å². The Balaban J connectivity index is 1.18. The van der Waals surface area contributed by atoms with Crippen molar-refractivity contribution in [3.8, 4) is 28.2 Å². The molecular weight excluding hydrogens is 514 g/mol. The molecule has 42 heavy (non-hydrogen) atoms. The zero-order valence-electron chi connectivity index (χ0n) is 22.5. The number of hydrogen-bond acceptors (Lipinski definition) is 3. The van der Waals surface area contributed by atoms with E-state index in [0.717, 1.165) is 38.9 Å². The van der Waals surface area contributed by atoms with Gasteiger partial charge in [-0.05, 0) is 64.4 Å². The molecule has 9 aromatic rings. The van der Waals surface area contributed by atoms with Crippen molar-refractivity contribution in [3.63, 3.8) is 0 Å². The molecule has 3 aromatic heterocycles. The van der Waals surface area contributed by atoms with E-state index in [0.29, 0.717) is 11.4 Å². The zero-order valence-corrected chi connectivity index (χ0v) is 22.5. The van der Waals surface area contributed by atoms with Gasteiger partial charge in [-0.25, -0.2) is 9.97 Å². The van der Waals surface area contributed by atoms with Crippen LogP contribution in [0, 0.1) is 0 Å². The molecule has 0 bridgehead atoms. The van der Waals surface area contributed by atoms with Gasteiger partial charge in [0.25, 0.3) is 0 Å². The van der Waals surface area contributed by atoms with Gasteiger partial charge in [0.1, 0.15) is 11.1 Å². The average Bonchev–Trinajstić information content (AvgIpc) is 3.59. The van der Waals surface area contributed by atoms with E-state index in [9.17, 15) is 0 Å². The Morgan fingerprint density at radius 1 is 0.500 bits per heavy atom. The number of furan rings is 1. The fourth-order valence-electron chi connectivity index (χ4n) is 6.23. The summed E-state index contributed by atoms with van der Waals surface area (Å²) in [5, 5.41) is 5.92. The second kappa shape index (κ2) is 8.88. The lowest BCUT2D eigenvalue weighted by atomic mass is 10.0. The molecule has 0 spiro atoms. The van der Waals surface area contributed by atoms with Crippen molar-refractivity contribution in [2.45, 2.75) is 0 Å². The molecule has 0 aliphatic heterocycles. The van der Waals surface area contributed by atoms with Gasteiger partial charge in [-0.2, -0.15) is 0 Å². The standard InChI is InChI=1S/C38H23N3O/c1-2-9-25-20-26(17-16-24(25)8-1)27-18-19-35-32(22-27)37-36(42-35)23-39-38(40-37)28-10-7-11-29(21-28)41-33-14-5-3-12-30(33)31-13-4-6-15-34(31)41/h1-23H. The normalized spacial score (nSPS) is 11.8. The van der Waals surface area contributed by atoms with E-state index in [1.807, 2.05) is 6.07 Å². The minimum Gasteiger partial charge on any atom is -0.453 e. The largest absolute Gasteiger partial charge is 0.453 e. The van der Waals surface area contributed by atoms with Crippen LogP contribution < -0.4 is 0 Å². The molecule has 6 aromatic carbocycles. The molecule has 0 fully saturated rings. The van der Waals surface area contributed by atoms with Crippen LogP contribution in [0.25, 0.3) is 82.8 Å². The molecule has 3 heterocycles. The maximum atomic E-state index is 6.15. The van der Waals surface area contributed by atoms with Crippen molar-refractivity contribution in [2.24, 2.45) is 0 Å². The molecule has 4 nitrogen and oxygen atoms in total. The second-order valence-corrected chi connectivity index (χ2v) is 10.7. The number of para-hydroxylation sites is 2. The van der Waals surface area contributed by atoms with Crippen molar-refractivity contribution in [1.82, 2.24) is 14.5 Å². The number of aromatic nitrogens is 3. The Labute approximate surface area is 241 Å². The van der Waals surface area contributed by atoms with Gasteiger partial charge in [-0.15, -0.1) is 0 Å². The molecule has 0 radical (unpaired) electrons. The minimum absolute atomic E-state index is 0.670. The summed E-state index contributed by atoms with van der Waals surface area (Å²) in [6, 6.07) is 46.9. The highest BCUT2D eigenvalue weighted by Gasteiger charge is 2.15. The summed E-state index contributed by atoms with van der Waals surface area (Å²) < 4.78 is 8.47. The molecule has 0 aliphatic rings. The summed E-state index contributed by atoms with van der Waals surface area (Å²) in [4.78, 5) is 9.77. The van der Waals surface area contributed by atoms with E-state index in [-0.39, 0.29) is 0 Å². The van der Waals surface area contributed by atoms with E-state index < -0.39 is 0 Å². The highest BCUT2D eigenvalue weighted by atomic mass is 16.3. The van der Waals surface area contributed by atoms with Gasteiger partial charge in [-0.1, -0.05) is 91.0 Å². The predicted octanol–water partition coefficient (Wildman–Crippen LogP) is 9.96. The summed E-state index contributed by atoms with van der Waals surface area (Å²) in [6.07, 6.45) is 1.79. The Morgan fingerprint density at radius 2 is 1.21 bits per heavy atom. The summed E-state index contributed by atoms with van der Waals surface area (Å²) >= 11 is 0. The topological polar surface area (TPSA) is 43.9 Å². The van der Waals surface area contributed by atoms with Gasteiger partial charge < -0.3 is 8.98 Å². The average molecular weight is 538 g/mol. The van der Waals surface area contributed by atoms with Crippen LogP contribution in [0.4, 0.5) is 0 Å². The van der Waals surface area contributed by atoms with Crippen LogP contribution >= 0.6 is 0 Å². The molecule has 0 atom stereocenters. The SMILES string of the molecule is c1cc(-c2ncc3oc4ccc(-c5ccc6ccccc6c5)cc4c3n2)cc(-n2c3ccccc3c3ccccc32)c1. The third-order valence-electron chi connectivity index (χ3n) is 8.24. The van der Waals surface area contributed by atoms with Crippen LogP contribution in [0.1, 0.15) is 0 Å². The summed E-state index contributed by atoms with van der Waals surface area (Å²) in [6.45, 7) is 0. The third kappa shape index (κ3) is 3.49. The number of nitrogens with zero attached hydrogens (tertiary/aromatic N) is 3. The van der Waals surface area contributed by atoms with Gasteiger partial charge in [0.05, 0.1) is 17.2 Å². The molecule has 196 valence electrons. The van der Waals surface area contributed by atoms with Crippen LogP contribution in [0.3, 0.4) is 0 Å². The van der Waals surface area contributed by atoms with Crippen molar-refractivity contribution in [2.75, 3.05) is 0 Å². The Hall–Kier alpha value is -5.74. The molecule has 0 aliphatic carbocycles. The van der Waals surface area contributed by atoms with Gasteiger partial charge in [0, 0.05) is 27.4 Å². The van der Waals surface area contributed by atoms with Crippen LogP contribution in [0.15, 0.2) is 144 Å². The maximum Gasteiger partial charge on any atom is 0.172 e. The lowest BCUT2D eigenvalue weighted by Crippen LogP contribution is -1.95. The molecule has 0 amide bonds. The van der Waals surface area contributed by atoms with Crippen LogP contribution in [-0.4, -0.2) is 14.5 Å². The predicted molar refractivity (Wildman–Crippen MR) is 172 cm³/mol. The highest BCUT2D eigenvalue weighted by molar-refractivity contribution is 6.09. The monoisotopic (exact) mass is 537 g/mol. The lowest BCUT2D eigenvalue weighted by molar-refractivity contribution is 0.666. The Bertz CT molecular complexity index is 2430. The third-order valence-corrected chi connectivity index (χ3v) is 8.24. The van der Waals surface area contributed by atoms with Crippen molar-refractivity contribution >= 4 is 54.6 Å². The molecule has 9 rings (SSSR count).